The first-order chi connectivity index (χ1) is 10.7. The standard InChI is InChI=1S/C16H19N.C3H8.C2H6/c1-3-7-13-9-6-8-12(2)16(17)15-11-5-4-10-14(13)15;1-3-2;1-2/h3-9,11,13-14,17H,10H2,1-2H3;3H2,1-2H3;1-2H3/b7-3?,9-6-,12-8-,17-16?;;. The molecule has 0 spiro atoms. The minimum absolute atomic E-state index is 0.404. The van der Waals surface area contributed by atoms with Gasteiger partial charge in [-0.1, -0.05) is 82.7 Å². The zero-order valence-electron chi connectivity index (χ0n) is 15.2. The van der Waals surface area contributed by atoms with E-state index in [-0.39, 0.29) is 0 Å². The van der Waals surface area contributed by atoms with Gasteiger partial charge in [-0.05, 0) is 37.3 Å². The average molecular weight is 300 g/mol. The van der Waals surface area contributed by atoms with Crippen LogP contribution >= 0.6 is 0 Å². The maximum atomic E-state index is 8.25. The van der Waals surface area contributed by atoms with Crippen molar-refractivity contribution in [2.75, 3.05) is 0 Å². The highest BCUT2D eigenvalue weighted by Gasteiger charge is 2.25. The van der Waals surface area contributed by atoms with E-state index in [9.17, 15) is 0 Å². The van der Waals surface area contributed by atoms with Crippen LogP contribution in [0.5, 0.6) is 0 Å². The summed E-state index contributed by atoms with van der Waals surface area (Å²) in [6.07, 6.45) is 19.4. The van der Waals surface area contributed by atoms with Crippen LogP contribution in [0.4, 0.5) is 0 Å². The van der Waals surface area contributed by atoms with Gasteiger partial charge in [0.25, 0.3) is 0 Å². The first kappa shape index (κ1) is 20.4. The number of fused-ring (bicyclic) bond motifs is 1. The molecule has 1 heteroatoms. The quantitative estimate of drug-likeness (QED) is 0.523. The molecule has 22 heavy (non-hydrogen) atoms. The Balaban J connectivity index is 0.000000789. The molecule has 0 radical (unpaired) electrons. The Hall–Kier alpha value is -1.63. The predicted octanol–water partition coefficient (Wildman–Crippen LogP) is 6.66. The molecule has 2 rings (SSSR count). The summed E-state index contributed by atoms with van der Waals surface area (Å²) in [4.78, 5) is 0. The fourth-order valence-electron chi connectivity index (χ4n) is 2.47. The van der Waals surface area contributed by atoms with Crippen LogP contribution in [0.25, 0.3) is 0 Å². The van der Waals surface area contributed by atoms with Gasteiger partial charge in [0.1, 0.15) is 0 Å². The number of nitrogens with one attached hydrogen (secondary N) is 1. The zero-order valence-corrected chi connectivity index (χ0v) is 15.2. The smallest absolute Gasteiger partial charge is 0.0604 e. The van der Waals surface area contributed by atoms with Crippen molar-refractivity contribution in [1.82, 2.24) is 0 Å². The average Bonchev–Trinajstić information content (AvgIpc) is 2.55. The summed E-state index contributed by atoms with van der Waals surface area (Å²) in [5.74, 6) is 0.824. The lowest BCUT2D eigenvalue weighted by atomic mass is 9.76. The summed E-state index contributed by atoms with van der Waals surface area (Å²) in [5, 5.41) is 8.25. The summed E-state index contributed by atoms with van der Waals surface area (Å²) in [5.41, 5.74) is 2.92. The van der Waals surface area contributed by atoms with Gasteiger partial charge in [-0.3, -0.25) is 0 Å². The largest absolute Gasteiger partial charge is 0.300 e. The molecule has 0 aromatic rings. The monoisotopic (exact) mass is 299 g/mol. The minimum Gasteiger partial charge on any atom is -0.300 e. The summed E-state index contributed by atoms with van der Waals surface area (Å²) in [6, 6.07) is 0. The molecule has 2 aliphatic rings. The van der Waals surface area contributed by atoms with E-state index in [1.54, 1.807) is 0 Å². The van der Waals surface area contributed by atoms with Crippen LogP contribution in [-0.4, -0.2) is 5.71 Å². The molecule has 2 aliphatic carbocycles. The SMILES string of the molecule is CC.CC=CC1/C=C\C=C(\C)C(=N)C2=CC=CCC21.CCC. The van der Waals surface area contributed by atoms with Gasteiger partial charge in [0, 0.05) is 5.92 Å². The molecule has 2 unspecified atom stereocenters. The number of rotatable bonds is 1. The number of hydrogen-bond donors (Lipinski definition) is 1. The molecule has 122 valence electrons. The zero-order chi connectivity index (χ0) is 17.0. The third kappa shape index (κ3) is 6.01. The van der Waals surface area contributed by atoms with E-state index in [1.165, 1.54) is 12.0 Å². The van der Waals surface area contributed by atoms with Crippen molar-refractivity contribution in [1.29, 1.82) is 5.41 Å². The molecular weight excluding hydrogens is 266 g/mol. The fraction of sp³-hybridized carbons (Fsp3) is 0.476. The van der Waals surface area contributed by atoms with Crippen molar-refractivity contribution >= 4 is 5.71 Å². The maximum absolute atomic E-state index is 8.25. The normalized spacial score (nSPS) is 26.9. The van der Waals surface area contributed by atoms with E-state index in [4.69, 9.17) is 5.41 Å². The van der Waals surface area contributed by atoms with Gasteiger partial charge in [0.05, 0.1) is 5.71 Å². The Morgan fingerprint density at radius 1 is 1.18 bits per heavy atom. The Kier molecular flexibility index (Phi) is 11.1. The predicted molar refractivity (Wildman–Crippen MR) is 102 cm³/mol. The first-order valence-electron chi connectivity index (χ1n) is 8.59. The Morgan fingerprint density at radius 2 is 1.82 bits per heavy atom. The Morgan fingerprint density at radius 3 is 2.41 bits per heavy atom. The van der Waals surface area contributed by atoms with Crippen LogP contribution in [0.3, 0.4) is 0 Å². The number of hydrogen-bond acceptors (Lipinski definition) is 1. The summed E-state index contributed by atoms with van der Waals surface area (Å²) < 4.78 is 0. The van der Waals surface area contributed by atoms with E-state index >= 15 is 0 Å². The van der Waals surface area contributed by atoms with Crippen molar-refractivity contribution in [2.45, 2.75) is 54.4 Å². The van der Waals surface area contributed by atoms with Gasteiger partial charge in [0.2, 0.25) is 0 Å². The molecule has 0 saturated heterocycles. The molecule has 0 aliphatic heterocycles. The van der Waals surface area contributed by atoms with Crippen molar-refractivity contribution in [3.8, 4) is 0 Å². The van der Waals surface area contributed by atoms with E-state index in [0.29, 0.717) is 17.5 Å². The van der Waals surface area contributed by atoms with Crippen LogP contribution < -0.4 is 0 Å². The summed E-state index contributed by atoms with van der Waals surface area (Å²) in [7, 11) is 0. The maximum Gasteiger partial charge on any atom is 0.0604 e. The molecule has 1 nitrogen and oxygen atoms in total. The van der Waals surface area contributed by atoms with E-state index in [2.05, 4.69) is 63.3 Å². The first-order valence-corrected chi connectivity index (χ1v) is 8.59. The molecule has 2 atom stereocenters. The van der Waals surface area contributed by atoms with Crippen LogP contribution in [-0.2, 0) is 0 Å². The molecule has 0 aromatic heterocycles. The van der Waals surface area contributed by atoms with Gasteiger partial charge in [-0.15, -0.1) is 0 Å². The van der Waals surface area contributed by atoms with Crippen molar-refractivity contribution in [2.24, 2.45) is 11.8 Å². The molecule has 1 N–H and O–H groups in total. The highest BCUT2D eigenvalue weighted by Crippen LogP contribution is 2.33. The van der Waals surface area contributed by atoms with Crippen molar-refractivity contribution < 1.29 is 0 Å². The molecule has 0 saturated carbocycles. The molecule has 0 fully saturated rings. The second-order valence-electron chi connectivity index (χ2n) is 5.31. The van der Waals surface area contributed by atoms with Crippen molar-refractivity contribution in [3.63, 3.8) is 0 Å². The second kappa shape index (κ2) is 12.0. The van der Waals surface area contributed by atoms with E-state index < -0.39 is 0 Å². The van der Waals surface area contributed by atoms with Gasteiger partial charge in [-0.25, -0.2) is 0 Å². The van der Waals surface area contributed by atoms with Crippen LogP contribution in [0.1, 0.15) is 54.4 Å². The fourth-order valence-corrected chi connectivity index (χ4v) is 2.47. The highest BCUT2D eigenvalue weighted by atomic mass is 14.5. The molecule has 0 heterocycles. The molecule has 0 aromatic carbocycles. The van der Waals surface area contributed by atoms with Gasteiger partial charge >= 0.3 is 0 Å². The Labute approximate surface area is 137 Å². The lowest BCUT2D eigenvalue weighted by Crippen LogP contribution is -2.22. The van der Waals surface area contributed by atoms with Gasteiger partial charge in [-0.2, -0.15) is 0 Å². The van der Waals surface area contributed by atoms with Gasteiger partial charge < -0.3 is 5.41 Å². The molecule has 0 amide bonds. The van der Waals surface area contributed by atoms with Crippen LogP contribution in [0, 0.1) is 17.2 Å². The third-order valence-corrected chi connectivity index (χ3v) is 3.44. The highest BCUT2D eigenvalue weighted by molar-refractivity contribution is 6.10. The lowest BCUT2D eigenvalue weighted by Gasteiger charge is -2.28. The van der Waals surface area contributed by atoms with Crippen LogP contribution in [0.2, 0.25) is 0 Å². The Bertz CT molecular complexity index is 472. The summed E-state index contributed by atoms with van der Waals surface area (Å²) in [6.45, 7) is 12.3. The second-order valence-corrected chi connectivity index (χ2v) is 5.31. The van der Waals surface area contributed by atoms with Crippen molar-refractivity contribution in [3.05, 3.63) is 59.8 Å². The molecular formula is C21H33N. The van der Waals surface area contributed by atoms with E-state index in [0.717, 1.165) is 12.0 Å². The summed E-state index contributed by atoms with van der Waals surface area (Å²) >= 11 is 0. The molecule has 0 bridgehead atoms. The topological polar surface area (TPSA) is 23.9 Å². The van der Waals surface area contributed by atoms with E-state index in [1.807, 2.05) is 26.8 Å². The minimum atomic E-state index is 0.404. The number of allylic oxidation sites excluding steroid dienone is 10. The lowest BCUT2D eigenvalue weighted by molar-refractivity contribution is 0.543. The third-order valence-electron chi connectivity index (χ3n) is 3.44. The van der Waals surface area contributed by atoms with Crippen LogP contribution in [0.15, 0.2) is 59.8 Å². The van der Waals surface area contributed by atoms with Gasteiger partial charge in [0.15, 0.2) is 0 Å².